The van der Waals surface area contributed by atoms with Gasteiger partial charge < -0.3 is 10.6 Å². The van der Waals surface area contributed by atoms with E-state index in [0.717, 1.165) is 6.21 Å². The topological polar surface area (TPSA) is 64.7 Å². The van der Waals surface area contributed by atoms with E-state index in [9.17, 15) is 4.79 Å². The van der Waals surface area contributed by atoms with Gasteiger partial charge in [-0.2, -0.15) is 0 Å². The molecule has 0 radical (unpaired) electrons. The summed E-state index contributed by atoms with van der Waals surface area (Å²) in [4.78, 5) is 14.4. The minimum atomic E-state index is -0.626. The summed E-state index contributed by atoms with van der Waals surface area (Å²) in [5, 5.41) is 3.19. The second-order valence-electron chi connectivity index (χ2n) is 1.22. The Morgan fingerprint density at radius 3 is 3.00 bits per heavy atom. The number of amides is 1. The lowest BCUT2D eigenvalue weighted by atomic mass is 10.7. The van der Waals surface area contributed by atoms with E-state index in [0.29, 0.717) is 0 Å². The molecule has 0 heterocycles. The van der Waals surface area contributed by atoms with Gasteiger partial charge in [0.25, 0.3) is 5.91 Å². The van der Waals surface area contributed by atoms with Crippen molar-refractivity contribution < 1.29 is 9.63 Å². The number of carbonyl (C=O) groups is 1. The maximum atomic E-state index is 9.93. The second kappa shape index (κ2) is 4.83. The molecule has 0 atom stereocenters. The standard InChI is InChI=1S/C5H8N2O2/c1-2-3-9-7-4-5(6)8/h2,4H,1,3H2,(H2,6,8). The highest BCUT2D eigenvalue weighted by Gasteiger charge is 1.80. The molecule has 1 amide bonds. The zero-order valence-corrected chi connectivity index (χ0v) is 4.91. The normalized spacial score (nSPS) is 9.33. The van der Waals surface area contributed by atoms with E-state index in [4.69, 9.17) is 0 Å². The third-order valence-electron chi connectivity index (χ3n) is 0.447. The first-order valence-corrected chi connectivity index (χ1v) is 2.33. The third-order valence-corrected chi connectivity index (χ3v) is 0.447. The van der Waals surface area contributed by atoms with E-state index in [2.05, 4.69) is 22.3 Å². The fourth-order valence-electron chi connectivity index (χ4n) is 0.185. The summed E-state index contributed by atoms with van der Waals surface area (Å²) in [6, 6.07) is 0. The average molecular weight is 128 g/mol. The molecule has 0 saturated carbocycles. The van der Waals surface area contributed by atoms with Gasteiger partial charge in [-0.1, -0.05) is 17.8 Å². The van der Waals surface area contributed by atoms with Gasteiger partial charge in [0.1, 0.15) is 12.8 Å². The van der Waals surface area contributed by atoms with Gasteiger partial charge in [0, 0.05) is 0 Å². The lowest BCUT2D eigenvalue weighted by Crippen LogP contribution is -2.11. The number of oxime groups is 1. The summed E-state index contributed by atoms with van der Waals surface area (Å²) in [5.41, 5.74) is 4.68. The first-order chi connectivity index (χ1) is 4.27. The van der Waals surface area contributed by atoms with Crippen molar-refractivity contribution in [2.75, 3.05) is 6.61 Å². The van der Waals surface area contributed by atoms with Crippen molar-refractivity contribution in [2.45, 2.75) is 0 Å². The number of rotatable bonds is 4. The van der Waals surface area contributed by atoms with Crippen molar-refractivity contribution in [1.29, 1.82) is 0 Å². The lowest BCUT2D eigenvalue weighted by Gasteiger charge is -1.87. The number of hydrogen-bond acceptors (Lipinski definition) is 3. The molecule has 0 spiro atoms. The Balaban J connectivity index is 3.24. The first-order valence-electron chi connectivity index (χ1n) is 2.33. The molecule has 0 unspecified atom stereocenters. The van der Waals surface area contributed by atoms with Crippen LogP contribution in [0.2, 0.25) is 0 Å². The highest BCUT2D eigenvalue weighted by Crippen LogP contribution is 1.72. The number of carbonyl (C=O) groups excluding carboxylic acids is 1. The third kappa shape index (κ3) is 6.68. The zero-order chi connectivity index (χ0) is 7.11. The number of primary amides is 1. The smallest absolute Gasteiger partial charge is 0.263 e. The minimum Gasteiger partial charge on any atom is -0.391 e. The summed E-state index contributed by atoms with van der Waals surface area (Å²) in [5.74, 6) is -0.626. The molecule has 4 nitrogen and oxygen atoms in total. The summed E-state index contributed by atoms with van der Waals surface area (Å²) in [6.45, 7) is 3.64. The molecule has 50 valence electrons. The predicted molar refractivity (Wildman–Crippen MR) is 33.8 cm³/mol. The van der Waals surface area contributed by atoms with Crippen LogP contribution >= 0.6 is 0 Å². The quantitative estimate of drug-likeness (QED) is 0.243. The Morgan fingerprint density at radius 2 is 2.56 bits per heavy atom. The molecule has 0 aromatic carbocycles. The summed E-state index contributed by atoms with van der Waals surface area (Å²) >= 11 is 0. The lowest BCUT2D eigenvalue weighted by molar-refractivity contribution is -0.111. The molecule has 0 fully saturated rings. The van der Waals surface area contributed by atoms with Gasteiger partial charge in [0.15, 0.2) is 0 Å². The van der Waals surface area contributed by atoms with Crippen LogP contribution in [0.5, 0.6) is 0 Å². The molecule has 0 saturated heterocycles. The molecule has 0 rings (SSSR count). The monoisotopic (exact) mass is 128 g/mol. The molecule has 4 heteroatoms. The van der Waals surface area contributed by atoms with Crippen LogP contribution in [0.3, 0.4) is 0 Å². The molecule has 0 aliphatic carbocycles. The maximum absolute atomic E-state index is 9.93. The summed E-state index contributed by atoms with van der Waals surface area (Å²) in [7, 11) is 0. The van der Waals surface area contributed by atoms with Crippen molar-refractivity contribution in [3.8, 4) is 0 Å². The van der Waals surface area contributed by atoms with Crippen LogP contribution < -0.4 is 5.73 Å². The van der Waals surface area contributed by atoms with E-state index < -0.39 is 5.91 Å². The number of nitrogens with two attached hydrogens (primary N) is 1. The molecule has 0 aliphatic heterocycles. The predicted octanol–water partition coefficient (Wildman–Crippen LogP) is -0.340. The van der Waals surface area contributed by atoms with Crippen molar-refractivity contribution >= 4 is 12.1 Å². The Bertz CT molecular complexity index is 131. The van der Waals surface area contributed by atoms with Crippen molar-refractivity contribution in [1.82, 2.24) is 0 Å². The van der Waals surface area contributed by atoms with Crippen molar-refractivity contribution in [2.24, 2.45) is 10.9 Å². The summed E-state index contributed by atoms with van der Waals surface area (Å²) < 4.78 is 0. The molecule has 0 aromatic rings. The zero-order valence-electron chi connectivity index (χ0n) is 4.91. The Morgan fingerprint density at radius 1 is 1.89 bits per heavy atom. The molecule has 2 N–H and O–H groups in total. The van der Waals surface area contributed by atoms with Crippen molar-refractivity contribution in [3.63, 3.8) is 0 Å². The Hall–Kier alpha value is -1.32. The molecule has 0 aromatic heterocycles. The number of hydrogen-bond donors (Lipinski definition) is 1. The Kier molecular flexibility index (Phi) is 4.12. The molecular weight excluding hydrogens is 120 g/mol. The molecule has 0 aliphatic rings. The van der Waals surface area contributed by atoms with Gasteiger partial charge in [-0.05, 0) is 0 Å². The van der Waals surface area contributed by atoms with Crippen molar-refractivity contribution in [3.05, 3.63) is 12.7 Å². The second-order valence-corrected chi connectivity index (χ2v) is 1.22. The van der Waals surface area contributed by atoms with Gasteiger partial charge in [-0.25, -0.2) is 0 Å². The van der Waals surface area contributed by atoms with Gasteiger partial charge in [-0.15, -0.1) is 0 Å². The van der Waals surface area contributed by atoms with E-state index in [1.165, 1.54) is 6.08 Å². The maximum Gasteiger partial charge on any atom is 0.263 e. The molecule has 0 bridgehead atoms. The van der Waals surface area contributed by atoms with Crippen LogP contribution in [-0.2, 0) is 9.63 Å². The number of nitrogens with zero attached hydrogens (tertiary/aromatic N) is 1. The van der Waals surface area contributed by atoms with Crippen LogP contribution in [0.25, 0.3) is 0 Å². The van der Waals surface area contributed by atoms with E-state index in [-0.39, 0.29) is 6.61 Å². The summed E-state index contributed by atoms with van der Waals surface area (Å²) in [6.07, 6.45) is 2.40. The van der Waals surface area contributed by atoms with Gasteiger partial charge in [0.05, 0.1) is 0 Å². The van der Waals surface area contributed by atoms with E-state index in [1.807, 2.05) is 0 Å². The highest BCUT2D eigenvalue weighted by molar-refractivity contribution is 6.25. The van der Waals surface area contributed by atoms with Crippen LogP contribution in [0.1, 0.15) is 0 Å². The fraction of sp³-hybridized carbons (Fsp3) is 0.200. The van der Waals surface area contributed by atoms with Gasteiger partial charge >= 0.3 is 0 Å². The van der Waals surface area contributed by atoms with E-state index in [1.54, 1.807) is 0 Å². The Labute approximate surface area is 53.0 Å². The van der Waals surface area contributed by atoms with E-state index >= 15 is 0 Å². The van der Waals surface area contributed by atoms with Crippen LogP contribution in [0.4, 0.5) is 0 Å². The molecule has 9 heavy (non-hydrogen) atoms. The highest BCUT2D eigenvalue weighted by atomic mass is 16.6. The van der Waals surface area contributed by atoms with Gasteiger partial charge in [0.2, 0.25) is 0 Å². The minimum absolute atomic E-state index is 0.282. The van der Waals surface area contributed by atoms with Crippen LogP contribution in [0.15, 0.2) is 17.8 Å². The largest absolute Gasteiger partial charge is 0.391 e. The average Bonchev–Trinajstić information content (AvgIpc) is 1.80. The van der Waals surface area contributed by atoms with Gasteiger partial charge in [-0.3, -0.25) is 4.79 Å². The fourth-order valence-corrected chi connectivity index (χ4v) is 0.185. The van der Waals surface area contributed by atoms with Crippen LogP contribution in [-0.4, -0.2) is 18.7 Å². The van der Waals surface area contributed by atoms with Crippen LogP contribution in [0, 0.1) is 0 Å². The SMILES string of the molecule is C=CCON=CC(N)=O. The molecular formula is C5H8N2O2. The first kappa shape index (κ1) is 7.68.